The number of nitrogens with one attached hydrogen (secondary N) is 1. The van der Waals surface area contributed by atoms with Crippen LogP contribution in [0.2, 0.25) is 0 Å². The van der Waals surface area contributed by atoms with Gasteiger partial charge in [-0.2, -0.15) is 0 Å². The molecule has 1 amide bonds. The molecular weight excluding hydrogens is 344 g/mol. The number of fused-ring (bicyclic) bond motifs is 1. The summed E-state index contributed by atoms with van der Waals surface area (Å²) >= 11 is 0. The second-order valence-electron chi connectivity index (χ2n) is 7.70. The predicted octanol–water partition coefficient (Wildman–Crippen LogP) is 3.27. The molecular formula is C21H32N2O4. The van der Waals surface area contributed by atoms with E-state index in [4.69, 9.17) is 9.15 Å². The SMILES string of the molecule is CCN(CC)C(=O)Cc1c(OCCC(O)NC(C)(C)C)cc2coccc1-2. The van der Waals surface area contributed by atoms with Gasteiger partial charge in [-0.1, -0.05) is 0 Å². The maximum absolute atomic E-state index is 12.6. The minimum Gasteiger partial charge on any atom is -0.493 e. The fourth-order valence-electron chi connectivity index (χ4n) is 3.13. The quantitative estimate of drug-likeness (QED) is 0.657. The van der Waals surface area contributed by atoms with Gasteiger partial charge in [0, 0.05) is 36.2 Å². The number of aliphatic hydroxyl groups excluding tert-OH is 1. The number of aliphatic hydroxyl groups is 1. The van der Waals surface area contributed by atoms with Gasteiger partial charge in [0.1, 0.15) is 12.0 Å². The maximum atomic E-state index is 12.6. The summed E-state index contributed by atoms with van der Waals surface area (Å²) in [5, 5.41) is 13.2. The molecule has 0 aromatic heterocycles. The average Bonchev–Trinajstić information content (AvgIpc) is 2.92. The molecule has 2 N–H and O–H groups in total. The monoisotopic (exact) mass is 376 g/mol. The molecule has 1 unspecified atom stereocenters. The van der Waals surface area contributed by atoms with Crippen molar-refractivity contribution < 1.29 is 19.1 Å². The molecule has 0 radical (unpaired) electrons. The zero-order valence-electron chi connectivity index (χ0n) is 17.0. The van der Waals surface area contributed by atoms with Crippen LogP contribution >= 0.6 is 0 Å². The van der Waals surface area contributed by atoms with E-state index in [-0.39, 0.29) is 17.9 Å². The molecule has 2 rings (SSSR count). The van der Waals surface area contributed by atoms with Gasteiger partial charge >= 0.3 is 0 Å². The van der Waals surface area contributed by atoms with E-state index in [1.807, 2.05) is 51.7 Å². The van der Waals surface area contributed by atoms with Gasteiger partial charge < -0.3 is 19.2 Å². The van der Waals surface area contributed by atoms with Crippen LogP contribution in [0.3, 0.4) is 0 Å². The Balaban J connectivity index is 2.11. The molecule has 150 valence electrons. The van der Waals surface area contributed by atoms with Crippen LogP contribution < -0.4 is 10.1 Å². The van der Waals surface area contributed by atoms with Crippen molar-refractivity contribution in [2.24, 2.45) is 0 Å². The third-order valence-corrected chi connectivity index (χ3v) is 4.42. The lowest BCUT2D eigenvalue weighted by atomic mass is 10.1. The summed E-state index contributed by atoms with van der Waals surface area (Å²) < 4.78 is 11.2. The second kappa shape index (κ2) is 9.24. The number of carbonyl (C=O) groups is 1. The van der Waals surface area contributed by atoms with Crippen LogP contribution in [0.25, 0.3) is 11.1 Å². The standard InChI is InChI=1S/C21H32N2O4/c1-6-23(7-2)20(25)13-17-16-8-10-26-14-15(16)12-18(17)27-11-9-19(24)22-21(3,4)5/h8,10,12,14,19,22,24H,6-7,9,11,13H2,1-5H3. The molecule has 1 heterocycles. The first-order valence-electron chi connectivity index (χ1n) is 9.59. The summed E-state index contributed by atoms with van der Waals surface area (Å²) in [5.74, 6) is 0.752. The largest absolute Gasteiger partial charge is 0.493 e. The number of ether oxygens (including phenoxy) is 1. The molecule has 0 spiro atoms. The van der Waals surface area contributed by atoms with E-state index >= 15 is 0 Å². The van der Waals surface area contributed by atoms with Crippen LogP contribution in [0.5, 0.6) is 5.75 Å². The van der Waals surface area contributed by atoms with Crippen molar-refractivity contribution in [3.05, 3.63) is 30.2 Å². The molecule has 1 atom stereocenters. The summed E-state index contributed by atoms with van der Waals surface area (Å²) in [6.45, 7) is 11.7. The summed E-state index contributed by atoms with van der Waals surface area (Å²) in [4.78, 5) is 14.4. The molecule has 0 fully saturated rings. The zero-order chi connectivity index (χ0) is 20.0. The first-order valence-corrected chi connectivity index (χ1v) is 9.59. The van der Waals surface area contributed by atoms with Crippen molar-refractivity contribution in [3.8, 4) is 16.9 Å². The summed E-state index contributed by atoms with van der Waals surface area (Å²) in [5.41, 5.74) is 2.57. The normalized spacial score (nSPS) is 13.0. The Morgan fingerprint density at radius 1 is 1.33 bits per heavy atom. The topological polar surface area (TPSA) is 74.9 Å². The van der Waals surface area contributed by atoms with Crippen LogP contribution in [0.15, 0.2) is 29.1 Å². The Labute approximate surface area is 161 Å². The molecule has 1 aliphatic heterocycles. The predicted molar refractivity (Wildman–Crippen MR) is 106 cm³/mol. The number of rotatable bonds is 9. The molecule has 1 aliphatic carbocycles. The first-order chi connectivity index (χ1) is 12.7. The molecule has 0 saturated carbocycles. The molecule has 0 saturated heterocycles. The Bertz CT molecular complexity index is 701. The molecule has 6 nitrogen and oxygen atoms in total. The minimum atomic E-state index is -0.648. The highest BCUT2D eigenvalue weighted by Crippen LogP contribution is 2.37. The van der Waals surface area contributed by atoms with E-state index in [1.54, 1.807) is 12.5 Å². The van der Waals surface area contributed by atoms with Crippen molar-refractivity contribution in [1.29, 1.82) is 0 Å². The lowest BCUT2D eigenvalue weighted by Crippen LogP contribution is -2.44. The Kier molecular flexibility index (Phi) is 7.27. The first kappa shape index (κ1) is 21.3. The van der Waals surface area contributed by atoms with Gasteiger partial charge in [0.25, 0.3) is 0 Å². The van der Waals surface area contributed by atoms with Gasteiger partial charge in [-0.3, -0.25) is 10.1 Å². The summed E-state index contributed by atoms with van der Waals surface area (Å²) in [6.07, 6.45) is 3.35. The smallest absolute Gasteiger partial charge is 0.227 e. The van der Waals surface area contributed by atoms with Crippen molar-refractivity contribution in [3.63, 3.8) is 0 Å². The van der Waals surface area contributed by atoms with Crippen molar-refractivity contribution in [2.75, 3.05) is 19.7 Å². The van der Waals surface area contributed by atoms with Crippen LogP contribution in [0, 0.1) is 0 Å². The fourth-order valence-corrected chi connectivity index (χ4v) is 3.13. The Hall–Kier alpha value is -2.05. The van der Waals surface area contributed by atoms with Gasteiger partial charge in [0.2, 0.25) is 5.91 Å². The van der Waals surface area contributed by atoms with Gasteiger partial charge in [0.05, 0.1) is 25.6 Å². The van der Waals surface area contributed by atoms with E-state index in [1.165, 1.54) is 0 Å². The van der Waals surface area contributed by atoms with E-state index in [9.17, 15) is 9.90 Å². The highest BCUT2D eigenvalue weighted by molar-refractivity contribution is 5.85. The average molecular weight is 376 g/mol. The Morgan fingerprint density at radius 2 is 2.04 bits per heavy atom. The number of hydrogen-bond acceptors (Lipinski definition) is 5. The lowest BCUT2D eigenvalue weighted by Gasteiger charge is -2.25. The zero-order valence-corrected chi connectivity index (χ0v) is 17.0. The minimum absolute atomic E-state index is 0.0765. The highest BCUT2D eigenvalue weighted by Gasteiger charge is 2.22. The third kappa shape index (κ3) is 5.97. The van der Waals surface area contributed by atoms with Crippen molar-refractivity contribution in [2.45, 2.75) is 59.2 Å². The number of hydrogen-bond donors (Lipinski definition) is 2. The van der Waals surface area contributed by atoms with E-state index in [0.29, 0.717) is 31.9 Å². The van der Waals surface area contributed by atoms with Crippen LogP contribution in [-0.4, -0.2) is 47.4 Å². The second-order valence-corrected chi connectivity index (χ2v) is 7.70. The fraction of sp³-hybridized carbons (Fsp3) is 0.571. The van der Waals surface area contributed by atoms with Gasteiger partial charge in [0.15, 0.2) is 0 Å². The number of amides is 1. The molecule has 0 bridgehead atoms. The number of nitrogens with zero attached hydrogens (tertiary/aromatic N) is 1. The van der Waals surface area contributed by atoms with E-state index in [2.05, 4.69) is 5.32 Å². The van der Waals surface area contributed by atoms with E-state index in [0.717, 1.165) is 16.7 Å². The van der Waals surface area contributed by atoms with Gasteiger partial charge in [-0.25, -0.2) is 0 Å². The van der Waals surface area contributed by atoms with Gasteiger partial charge in [-0.15, -0.1) is 0 Å². The van der Waals surface area contributed by atoms with Crippen LogP contribution in [-0.2, 0) is 11.2 Å². The molecule has 27 heavy (non-hydrogen) atoms. The summed E-state index contributed by atoms with van der Waals surface area (Å²) in [6, 6.07) is 3.76. The maximum Gasteiger partial charge on any atom is 0.227 e. The number of likely N-dealkylation sites (N-methyl/N-ethyl adjacent to an activating group) is 1. The van der Waals surface area contributed by atoms with Crippen LogP contribution in [0.1, 0.15) is 46.6 Å². The molecule has 6 heteroatoms. The molecule has 0 aromatic carbocycles. The Morgan fingerprint density at radius 3 is 2.67 bits per heavy atom. The lowest BCUT2D eigenvalue weighted by molar-refractivity contribution is -0.130. The number of carbonyl (C=O) groups excluding carboxylic acids is 1. The van der Waals surface area contributed by atoms with Crippen molar-refractivity contribution >= 4 is 5.91 Å². The van der Waals surface area contributed by atoms with E-state index < -0.39 is 6.23 Å². The van der Waals surface area contributed by atoms with Crippen molar-refractivity contribution in [1.82, 2.24) is 10.2 Å². The highest BCUT2D eigenvalue weighted by atomic mass is 16.5. The summed E-state index contributed by atoms with van der Waals surface area (Å²) in [7, 11) is 0. The van der Waals surface area contributed by atoms with Crippen LogP contribution in [0.4, 0.5) is 0 Å². The third-order valence-electron chi connectivity index (χ3n) is 4.42. The molecule has 0 aromatic rings. The molecule has 2 aliphatic rings. The van der Waals surface area contributed by atoms with Gasteiger partial charge in [-0.05, 0) is 52.3 Å².